The molecule has 0 radical (unpaired) electrons. The van der Waals surface area contributed by atoms with E-state index in [9.17, 15) is 19.5 Å². The van der Waals surface area contributed by atoms with Crippen LogP contribution in [-0.2, 0) is 9.53 Å². The summed E-state index contributed by atoms with van der Waals surface area (Å²) in [4.78, 5) is 45.1. The van der Waals surface area contributed by atoms with Crippen LogP contribution in [0.2, 0.25) is 0 Å². The molecule has 34 heavy (non-hydrogen) atoms. The average Bonchev–Trinajstić information content (AvgIpc) is 3.32. The lowest BCUT2D eigenvalue weighted by Crippen LogP contribution is -2.31. The molecule has 3 aromatic rings. The number of aromatic nitrogens is 1. The van der Waals surface area contributed by atoms with Crippen molar-refractivity contribution in [2.75, 3.05) is 19.1 Å². The van der Waals surface area contributed by atoms with Gasteiger partial charge in [0.25, 0.3) is 5.91 Å². The molecule has 1 aliphatic heterocycles. The summed E-state index contributed by atoms with van der Waals surface area (Å²) in [5, 5.41) is 11.7. The number of benzene rings is 2. The first-order valence-electron chi connectivity index (χ1n) is 10.3. The minimum atomic E-state index is -0.995. The smallest absolute Gasteiger partial charge is 0.337 e. The minimum Gasteiger partial charge on any atom is -0.503 e. The number of carbonyl (C=O) groups excluding carboxylic acids is 3. The van der Waals surface area contributed by atoms with Crippen molar-refractivity contribution < 1.29 is 29.0 Å². The van der Waals surface area contributed by atoms with Crippen LogP contribution in [0, 0.1) is 13.8 Å². The molecule has 8 nitrogen and oxygen atoms in total. The molecule has 9 heteroatoms. The molecule has 0 spiro atoms. The van der Waals surface area contributed by atoms with Crippen LogP contribution in [0.5, 0.6) is 5.75 Å². The molecule has 2 aromatic carbocycles. The highest BCUT2D eigenvalue weighted by Gasteiger charge is 2.46. The lowest BCUT2D eigenvalue weighted by molar-refractivity contribution is -0.117. The van der Waals surface area contributed by atoms with Gasteiger partial charge in [0, 0.05) is 11.3 Å². The van der Waals surface area contributed by atoms with Crippen LogP contribution in [0.25, 0.3) is 0 Å². The molecule has 1 N–H and O–H groups in total. The number of amides is 1. The highest BCUT2D eigenvalue weighted by Crippen LogP contribution is 2.45. The van der Waals surface area contributed by atoms with E-state index in [2.05, 4.69) is 4.98 Å². The second kappa shape index (κ2) is 9.11. The summed E-state index contributed by atoms with van der Waals surface area (Å²) in [6.07, 6.45) is 0. The molecule has 1 atom stereocenters. The molecular weight excluding hydrogens is 456 g/mol. The normalized spacial score (nSPS) is 15.6. The van der Waals surface area contributed by atoms with Gasteiger partial charge in [-0.2, -0.15) is 0 Å². The number of nitrogens with zero attached hydrogens (tertiary/aromatic N) is 2. The number of rotatable bonds is 6. The highest BCUT2D eigenvalue weighted by molar-refractivity contribution is 7.14. The number of para-hydroxylation sites is 1. The molecule has 0 aliphatic carbocycles. The number of esters is 1. The number of methoxy groups -OCH3 is 2. The predicted molar refractivity (Wildman–Crippen MR) is 127 cm³/mol. The third-order valence-corrected chi connectivity index (χ3v) is 6.61. The van der Waals surface area contributed by atoms with E-state index in [1.54, 1.807) is 56.3 Å². The maximum absolute atomic E-state index is 13.7. The molecule has 2 heterocycles. The summed E-state index contributed by atoms with van der Waals surface area (Å²) in [5.74, 6) is -2.05. The largest absolute Gasteiger partial charge is 0.503 e. The number of ketones is 1. The topological polar surface area (TPSA) is 106 Å². The number of aliphatic hydroxyl groups is 1. The summed E-state index contributed by atoms with van der Waals surface area (Å²) >= 11 is 1.20. The van der Waals surface area contributed by atoms with Gasteiger partial charge in [-0.25, -0.2) is 9.78 Å². The standard InChI is InChI=1S/C25H22N2O6S/c1-13-23(34-14(2)26-13)21(28)19-20(17-10-5-6-11-18(17)32-3)27(24(30)22(19)29)16-9-7-8-15(12-16)25(31)33-4/h5-12,20,29H,1-4H3. The number of anilines is 1. The monoisotopic (exact) mass is 478 g/mol. The van der Waals surface area contributed by atoms with Crippen molar-refractivity contribution in [1.29, 1.82) is 0 Å². The highest BCUT2D eigenvalue weighted by atomic mass is 32.1. The molecule has 1 aromatic heterocycles. The summed E-state index contributed by atoms with van der Waals surface area (Å²) in [5.41, 5.74) is 1.48. The summed E-state index contributed by atoms with van der Waals surface area (Å²) in [7, 11) is 2.75. The van der Waals surface area contributed by atoms with Crippen molar-refractivity contribution in [3.05, 3.63) is 86.6 Å². The maximum Gasteiger partial charge on any atom is 0.337 e. The minimum absolute atomic E-state index is 0.0790. The Morgan fingerprint density at radius 3 is 2.47 bits per heavy atom. The second-order valence-corrected chi connectivity index (χ2v) is 8.80. The molecule has 0 fully saturated rings. The van der Waals surface area contributed by atoms with Crippen LogP contribution < -0.4 is 9.64 Å². The summed E-state index contributed by atoms with van der Waals surface area (Å²) in [6, 6.07) is 12.2. The zero-order chi connectivity index (χ0) is 24.6. The first kappa shape index (κ1) is 23.2. The van der Waals surface area contributed by atoms with Gasteiger partial charge in [0.1, 0.15) is 5.75 Å². The fraction of sp³-hybridized carbons (Fsp3) is 0.200. The molecule has 4 rings (SSSR count). The third kappa shape index (κ3) is 3.84. The fourth-order valence-electron chi connectivity index (χ4n) is 4.05. The first-order chi connectivity index (χ1) is 16.3. The van der Waals surface area contributed by atoms with Crippen molar-refractivity contribution in [3.63, 3.8) is 0 Å². The number of aliphatic hydroxyl groups excluding tert-OH is 1. The lowest BCUT2D eigenvalue weighted by atomic mass is 9.94. The van der Waals surface area contributed by atoms with Crippen LogP contribution in [0.4, 0.5) is 5.69 Å². The van der Waals surface area contributed by atoms with Gasteiger partial charge in [0.05, 0.1) is 47.0 Å². The Balaban J connectivity index is 1.93. The molecule has 0 saturated heterocycles. The quantitative estimate of drug-likeness (QED) is 0.415. The lowest BCUT2D eigenvalue weighted by Gasteiger charge is -2.28. The maximum atomic E-state index is 13.7. The fourth-order valence-corrected chi connectivity index (χ4v) is 4.93. The van der Waals surface area contributed by atoms with Crippen molar-refractivity contribution in [3.8, 4) is 5.75 Å². The van der Waals surface area contributed by atoms with Crippen LogP contribution in [0.15, 0.2) is 59.9 Å². The molecule has 1 aliphatic rings. The van der Waals surface area contributed by atoms with Gasteiger partial charge in [-0.15, -0.1) is 11.3 Å². The first-order valence-corrected chi connectivity index (χ1v) is 11.2. The molecular formula is C25H22N2O6S. The molecule has 174 valence electrons. The Labute approximate surface area is 200 Å². The van der Waals surface area contributed by atoms with Crippen molar-refractivity contribution in [1.82, 2.24) is 4.98 Å². The Kier molecular flexibility index (Phi) is 6.21. The van der Waals surface area contributed by atoms with Crippen LogP contribution in [-0.4, -0.2) is 42.0 Å². The van der Waals surface area contributed by atoms with E-state index in [0.29, 0.717) is 32.6 Å². The van der Waals surface area contributed by atoms with Crippen LogP contribution in [0.1, 0.15) is 42.3 Å². The van der Waals surface area contributed by atoms with Crippen molar-refractivity contribution in [2.45, 2.75) is 19.9 Å². The Hall–Kier alpha value is -3.98. The number of ether oxygens (including phenoxy) is 2. The number of aryl methyl sites for hydroxylation is 2. The average molecular weight is 479 g/mol. The zero-order valence-corrected chi connectivity index (χ0v) is 19.8. The Bertz CT molecular complexity index is 1340. The van der Waals surface area contributed by atoms with Gasteiger partial charge < -0.3 is 14.6 Å². The Morgan fingerprint density at radius 1 is 1.09 bits per heavy atom. The van der Waals surface area contributed by atoms with E-state index in [1.807, 2.05) is 0 Å². The molecule has 0 bridgehead atoms. The van der Waals surface area contributed by atoms with Gasteiger partial charge in [-0.3, -0.25) is 14.5 Å². The number of hydrogen-bond donors (Lipinski definition) is 1. The van der Waals surface area contributed by atoms with E-state index in [1.165, 1.54) is 36.5 Å². The summed E-state index contributed by atoms with van der Waals surface area (Å²) in [6.45, 7) is 3.49. The Morgan fingerprint density at radius 2 is 1.82 bits per heavy atom. The molecule has 1 unspecified atom stereocenters. The number of thiazole rings is 1. The number of hydrogen-bond acceptors (Lipinski definition) is 8. The van der Waals surface area contributed by atoms with E-state index in [-0.39, 0.29) is 11.1 Å². The van der Waals surface area contributed by atoms with Crippen LogP contribution >= 0.6 is 11.3 Å². The predicted octanol–water partition coefficient (Wildman–Crippen LogP) is 4.34. The van der Waals surface area contributed by atoms with Gasteiger partial charge in [0.2, 0.25) is 5.78 Å². The van der Waals surface area contributed by atoms with Crippen LogP contribution in [0.3, 0.4) is 0 Å². The van der Waals surface area contributed by atoms with E-state index in [4.69, 9.17) is 9.47 Å². The molecule has 0 saturated carbocycles. The van der Waals surface area contributed by atoms with Gasteiger partial charge >= 0.3 is 5.97 Å². The summed E-state index contributed by atoms with van der Waals surface area (Å²) < 4.78 is 10.3. The second-order valence-electron chi connectivity index (χ2n) is 7.60. The molecule has 1 amide bonds. The van der Waals surface area contributed by atoms with E-state index >= 15 is 0 Å². The van der Waals surface area contributed by atoms with E-state index in [0.717, 1.165) is 0 Å². The van der Waals surface area contributed by atoms with Crippen molar-refractivity contribution >= 4 is 34.7 Å². The third-order valence-electron chi connectivity index (χ3n) is 5.54. The number of Topliss-reactive ketones (excluding diaryl/α,β-unsaturated/α-hetero) is 1. The number of carbonyl (C=O) groups is 3. The van der Waals surface area contributed by atoms with Crippen molar-refractivity contribution in [2.24, 2.45) is 0 Å². The van der Waals surface area contributed by atoms with E-state index < -0.39 is 29.5 Å². The van der Waals surface area contributed by atoms with Gasteiger partial charge in [-0.05, 0) is 38.1 Å². The SMILES string of the molecule is COC(=O)c1cccc(N2C(=O)C(O)=C(C(=O)c3sc(C)nc3C)C2c2ccccc2OC)c1. The zero-order valence-electron chi connectivity index (χ0n) is 19.0. The van der Waals surface area contributed by atoms with Gasteiger partial charge in [0.15, 0.2) is 5.76 Å². The van der Waals surface area contributed by atoms with Gasteiger partial charge in [-0.1, -0.05) is 24.3 Å².